The summed E-state index contributed by atoms with van der Waals surface area (Å²) >= 11 is 0. The highest BCUT2D eigenvalue weighted by atomic mass is 19.4. The number of benzene rings is 2. The van der Waals surface area contributed by atoms with E-state index in [9.17, 15) is 13.2 Å². The van der Waals surface area contributed by atoms with Gasteiger partial charge in [0, 0.05) is 33.9 Å². The highest BCUT2D eigenvalue weighted by molar-refractivity contribution is 5.99. The Bertz CT molecular complexity index is 1370. The number of fused-ring (bicyclic) bond motifs is 1. The van der Waals surface area contributed by atoms with Gasteiger partial charge in [-0.3, -0.25) is 0 Å². The van der Waals surface area contributed by atoms with E-state index in [1.807, 2.05) is 45.9 Å². The number of aromatic nitrogens is 3. The summed E-state index contributed by atoms with van der Waals surface area (Å²) < 4.78 is 54.7. The van der Waals surface area contributed by atoms with Gasteiger partial charge in [-0.2, -0.15) is 5.10 Å². The third-order valence-electron chi connectivity index (χ3n) is 5.60. The molecule has 184 valence electrons. The van der Waals surface area contributed by atoms with E-state index in [0.29, 0.717) is 29.6 Å². The molecule has 0 atom stereocenters. The number of ether oxygens (including phenoxy) is 3. The SMILES string of the molecule is CCOc1ccc(-n2c(C)c3c(C)nnc(Nc4ccc(OC(F)(F)F)cc4)c3c2C)c(OC)c1. The lowest BCUT2D eigenvalue weighted by molar-refractivity contribution is -0.274. The molecule has 2 heterocycles. The first-order valence-electron chi connectivity index (χ1n) is 10.9. The second kappa shape index (κ2) is 9.36. The first-order valence-corrected chi connectivity index (χ1v) is 10.9. The fraction of sp³-hybridized carbons (Fsp3) is 0.280. The van der Waals surface area contributed by atoms with Gasteiger partial charge in [-0.1, -0.05) is 0 Å². The summed E-state index contributed by atoms with van der Waals surface area (Å²) in [6.07, 6.45) is -4.75. The molecule has 0 amide bonds. The molecule has 1 N–H and O–H groups in total. The normalized spacial score (nSPS) is 11.5. The van der Waals surface area contributed by atoms with Crippen LogP contribution in [0.25, 0.3) is 16.5 Å². The molecule has 0 aliphatic carbocycles. The maximum atomic E-state index is 12.5. The fourth-order valence-corrected chi connectivity index (χ4v) is 4.22. The van der Waals surface area contributed by atoms with Crippen LogP contribution in [-0.4, -0.2) is 34.8 Å². The van der Waals surface area contributed by atoms with Crippen molar-refractivity contribution in [2.24, 2.45) is 0 Å². The molecule has 2 aromatic carbocycles. The topological polar surface area (TPSA) is 70.4 Å². The van der Waals surface area contributed by atoms with Gasteiger partial charge in [-0.25, -0.2) is 0 Å². The Balaban J connectivity index is 1.79. The average molecular weight is 486 g/mol. The van der Waals surface area contributed by atoms with Gasteiger partial charge in [0.1, 0.15) is 17.2 Å². The molecule has 0 unspecified atom stereocenters. The van der Waals surface area contributed by atoms with Crippen molar-refractivity contribution in [1.82, 2.24) is 14.8 Å². The number of hydrogen-bond donors (Lipinski definition) is 1. The van der Waals surface area contributed by atoms with Crippen molar-refractivity contribution in [3.63, 3.8) is 0 Å². The van der Waals surface area contributed by atoms with E-state index < -0.39 is 6.36 Å². The summed E-state index contributed by atoms with van der Waals surface area (Å²) in [5, 5.41) is 13.6. The summed E-state index contributed by atoms with van der Waals surface area (Å²) in [5.41, 5.74) is 3.98. The second-order valence-electron chi connectivity index (χ2n) is 7.85. The van der Waals surface area contributed by atoms with E-state index in [0.717, 1.165) is 33.5 Å². The van der Waals surface area contributed by atoms with Crippen LogP contribution in [0.15, 0.2) is 42.5 Å². The molecule has 7 nitrogen and oxygen atoms in total. The molecule has 0 radical (unpaired) electrons. The summed E-state index contributed by atoms with van der Waals surface area (Å²) in [5.74, 6) is 1.54. The molecular formula is C25H25F3N4O3. The Morgan fingerprint density at radius 1 is 0.914 bits per heavy atom. The van der Waals surface area contributed by atoms with Gasteiger partial charge in [0.25, 0.3) is 0 Å². The third-order valence-corrected chi connectivity index (χ3v) is 5.60. The van der Waals surface area contributed by atoms with Crippen molar-refractivity contribution in [3.8, 4) is 22.9 Å². The van der Waals surface area contributed by atoms with Gasteiger partial charge in [-0.15, -0.1) is 18.3 Å². The van der Waals surface area contributed by atoms with Crippen LogP contribution in [0.5, 0.6) is 17.2 Å². The van der Waals surface area contributed by atoms with Gasteiger partial charge in [0.2, 0.25) is 0 Å². The zero-order chi connectivity index (χ0) is 25.3. The van der Waals surface area contributed by atoms with Crippen molar-refractivity contribution in [3.05, 3.63) is 59.5 Å². The van der Waals surface area contributed by atoms with Gasteiger partial charge in [0.05, 0.1) is 25.1 Å². The van der Waals surface area contributed by atoms with Crippen LogP contribution in [0.3, 0.4) is 0 Å². The van der Waals surface area contributed by atoms with Crippen LogP contribution >= 0.6 is 0 Å². The van der Waals surface area contributed by atoms with Crippen LogP contribution in [0.1, 0.15) is 24.0 Å². The van der Waals surface area contributed by atoms with Crippen LogP contribution < -0.4 is 19.5 Å². The minimum Gasteiger partial charge on any atom is -0.494 e. The van der Waals surface area contributed by atoms with Crippen molar-refractivity contribution in [2.45, 2.75) is 34.1 Å². The molecular weight excluding hydrogens is 461 g/mol. The molecule has 0 aliphatic rings. The summed E-state index contributed by atoms with van der Waals surface area (Å²) in [6.45, 7) is 8.31. The number of methoxy groups -OCH3 is 1. The highest BCUT2D eigenvalue weighted by Gasteiger charge is 2.31. The van der Waals surface area contributed by atoms with E-state index >= 15 is 0 Å². The number of alkyl halides is 3. The third kappa shape index (κ3) is 4.82. The predicted octanol–water partition coefficient (Wildman–Crippen LogP) is 6.40. The molecule has 35 heavy (non-hydrogen) atoms. The molecule has 0 saturated heterocycles. The van der Waals surface area contributed by atoms with Gasteiger partial charge < -0.3 is 24.1 Å². The van der Waals surface area contributed by atoms with Gasteiger partial charge in [0.15, 0.2) is 5.82 Å². The van der Waals surface area contributed by atoms with Crippen molar-refractivity contribution < 1.29 is 27.4 Å². The molecule has 0 aliphatic heterocycles. The smallest absolute Gasteiger partial charge is 0.494 e. The number of halogens is 3. The lowest BCUT2D eigenvalue weighted by Gasteiger charge is -2.15. The Morgan fingerprint density at radius 3 is 2.20 bits per heavy atom. The van der Waals surface area contributed by atoms with Crippen LogP contribution in [0.2, 0.25) is 0 Å². The highest BCUT2D eigenvalue weighted by Crippen LogP contribution is 2.38. The lowest BCUT2D eigenvalue weighted by Crippen LogP contribution is -2.16. The number of hydrogen-bond acceptors (Lipinski definition) is 6. The number of anilines is 2. The lowest BCUT2D eigenvalue weighted by atomic mass is 10.1. The van der Waals surface area contributed by atoms with Crippen molar-refractivity contribution >= 4 is 22.3 Å². The molecule has 0 saturated carbocycles. The number of nitrogens with one attached hydrogen (secondary N) is 1. The van der Waals surface area contributed by atoms with Crippen LogP contribution in [0, 0.1) is 20.8 Å². The Hall–Kier alpha value is -3.95. The van der Waals surface area contributed by atoms with E-state index in [4.69, 9.17) is 9.47 Å². The maximum absolute atomic E-state index is 12.5. The van der Waals surface area contributed by atoms with E-state index in [2.05, 4.69) is 24.8 Å². The summed E-state index contributed by atoms with van der Waals surface area (Å²) in [4.78, 5) is 0. The first-order chi connectivity index (χ1) is 16.6. The molecule has 0 fully saturated rings. The molecule has 4 rings (SSSR count). The standard InChI is InChI=1S/C25H25F3N4O3/c1-6-34-19-11-12-20(21(13-19)33-5)32-15(3)22-14(2)30-31-24(23(22)16(32)4)29-17-7-9-18(10-8-17)35-25(26,27)28/h7-13H,6H2,1-5H3,(H,29,31). The van der Waals surface area contributed by atoms with Crippen LogP contribution in [0.4, 0.5) is 24.7 Å². The average Bonchev–Trinajstić information content (AvgIpc) is 3.07. The number of rotatable bonds is 7. The fourth-order valence-electron chi connectivity index (χ4n) is 4.22. The van der Waals surface area contributed by atoms with Gasteiger partial charge >= 0.3 is 6.36 Å². The second-order valence-corrected chi connectivity index (χ2v) is 7.85. The zero-order valence-corrected chi connectivity index (χ0v) is 19.9. The molecule has 4 aromatic rings. The van der Waals surface area contributed by atoms with E-state index in [1.54, 1.807) is 7.11 Å². The van der Waals surface area contributed by atoms with Crippen LogP contribution in [-0.2, 0) is 0 Å². The Kier molecular flexibility index (Phi) is 6.47. The predicted molar refractivity (Wildman–Crippen MR) is 127 cm³/mol. The monoisotopic (exact) mass is 486 g/mol. The van der Waals surface area contributed by atoms with E-state index in [-0.39, 0.29) is 5.75 Å². The number of aryl methyl sites for hydroxylation is 3. The Morgan fingerprint density at radius 2 is 1.57 bits per heavy atom. The minimum absolute atomic E-state index is 0.302. The number of nitrogens with zero attached hydrogens (tertiary/aromatic N) is 3. The molecule has 0 spiro atoms. The zero-order valence-electron chi connectivity index (χ0n) is 19.9. The van der Waals surface area contributed by atoms with E-state index in [1.165, 1.54) is 24.3 Å². The molecule has 10 heteroatoms. The quantitative estimate of drug-likeness (QED) is 0.326. The van der Waals surface area contributed by atoms with Crippen molar-refractivity contribution in [1.29, 1.82) is 0 Å². The summed E-state index contributed by atoms with van der Waals surface area (Å²) in [7, 11) is 1.61. The van der Waals surface area contributed by atoms with Gasteiger partial charge in [-0.05, 0) is 64.1 Å². The summed E-state index contributed by atoms with van der Waals surface area (Å²) in [6, 6.07) is 11.1. The maximum Gasteiger partial charge on any atom is 0.573 e. The van der Waals surface area contributed by atoms with Crippen molar-refractivity contribution in [2.75, 3.05) is 19.0 Å². The Labute approximate surface area is 200 Å². The molecule has 2 aromatic heterocycles. The molecule has 0 bridgehead atoms. The first kappa shape index (κ1) is 24.2. The minimum atomic E-state index is -4.75. The largest absolute Gasteiger partial charge is 0.573 e.